The van der Waals surface area contributed by atoms with Crippen molar-refractivity contribution in [2.24, 2.45) is 7.05 Å². The van der Waals surface area contributed by atoms with E-state index in [0.717, 1.165) is 5.56 Å². The molecule has 0 aliphatic heterocycles. The smallest absolute Gasteiger partial charge is 0.212 e. The van der Waals surface area contributed by atoms with E-state index in [1.165, 1.54) is 4.80 Å². The monoisotopic (exact) mass is 238 g/mol. The molecule has 0 spiro atoms. The van der Waals surface area contributed by atoms with E-state index >= 15 is 0 Å². The summed E-state index contributed by atoms with van der Waals surface area (Å²) in [5.74, 6) is 1.19. The van der Waals surface area contributed by atoms with Crippen molar-refractivity contribution >= 4 is 11.6 Å². The first-order valence-corrected chi connectivity index (χ1v) is 5.15. The second-order valence-corrected chi connectivity index (χ2v) is 3.78. The number of hydrogen-bond donors (Lipinski definition) is 0. The van der Waals surface area contributed by atoms with Crippen molar-refractivity contribution in [1.29, 1.82) is 0 Å². The Balaban J connectivity index is 2.10. The highest BCUT2D eigenvalue weighted by Gasteiger charge is 2.07. The van der Waals surface area contributed by atoms with E-state index in [1.807, 2.05) is 19.1 Å². The Hall–Kier alpha value is -1.62. The van der Waals surface area contributed by atoms with Gasteiger partial charge in [0.05, 0.1) is 12.1 Å². The number of para-hydroxylation sites is 1. The van der Waals surface area contributed by atoms with Crippen molar-refractivity contribution in [1.82, 2.24) is 20.2 Å². The fourth-order valence-corrected chi connectivity index (χ4v) is 1.59. The predicted octanol–water partition coefficient (Wildman–Crippen LogP) is 1.75. The van der Waals surface area contributed by atoms with Gasteiger partial charge in [-0.1, -0.05) is 23.7 Å². The molecule has 0 N–H and O–H groups in total. The van der Waals surface area contributed by atoms with E-state index in [-0.39, 0.29) is 6.61 Å². The predicted molar refractivity (Wildman–Crippen MR) is 59.3 cm³/mol. The van der Waals surface area contributed by atoms with Crippen molar-refractivity contribution in [3.63, 3.8) is 0 Å². The average Bonchev–Trinajstić information content (AvgIpc) is 2.63. The van der Waals surface area contributed by atoms with Crippen LogP contribution in [-0.4, -0.2) is 20.2 Å². The number of rotatable bonds is 3. The third-order valence-electron chi connectivity index (χ3n) is 2.06. The number of halogens is 1. The molecule has 0 aliphatic carbocycles. The number of aryl methyl sites for hydroxylation is 2. The highest BCUT2D eigenvalue weighted by molar-refractivity contribution is 6.32. The molecule has 0 radical (unpaired) electrons. The molecule has 0 unspecified atom stereocenters. The van der Waals surface area contributed by atoms with Crippen LogP contribution in [0.2, 0.25) is 5.02 Å². The van der Waals surface area contributed by atoms with Crippen LogP contribution in [-0.2, 0) is 13.7 Å². The van der Waals surface area contributed by atoms with Crippen LogP contribution in [0.4, 0.5) is 0 Å². The lowest BCUT2D eigenvalue weighted by Crippen LogP contribution is -2.00. The molecule has 0 atom stereocenters. The lowest BCUT2D eigenvalue weighted by atomic mass is 10.2. The molecule has 1 aromatic heterocycles. The maximum Gasteiger partial charge on any atom is 0.212 e. The number of tetrazole rings is 1. The van der Waals surface area contributed by atoms with Gasteiger partial charge in [-0.25, -0.2) is 0 Å². The molecule has 1 heterocycles. The van der Waals surface area contributed by atoms with Crippen LogP contribution >= 0.6 is 11.6 Å². The fraction of sp³-hybridized carbons (Fsp3) is 0.300. The average molecular weight is 239 g/mol. The molecule has 2 rings (SSSR count). The zero-order valence-electron chi connectivity index (χ0n) is 9.01. The van der Waals surface area contributed by atoms with Crippen LogP contribution in [0.3, 0.4) is 0 Å². The zero-order valence-corrected chi connectivity index (χ0v) is 9.77. The minimum Gasteiger partial charge on any atom is -0.484 e. The maximum absolute atomic E-state index is 6.01. The molecule has 2 aromatic rings. The highest BCUT2D eigenvalue weighted by atomic mass is 35.5. The first kappa shape index (κ1) is 10.9. The molecule has 0 bridgehead atoms. The van der Waals surface area contributed by atoms with Gasteiger partial charge in [-0.05, 0) is 23.8 Å². The van der Waals surface area contributed by atoms with E-state index in [0.29, 0.717) is 16.6 Å². The summed E-state index contributed by atoms with van der Waals surface area (Å²) >= 11 is 6.01. The Morgan fingerprint density at radius 2 is 2.25 bits per heavy atom. The number of ether oxygens (including phenoxy) is 1. The number of hydrogen-bond acceptors (Lipinski definition) is 4. The van der Waals surface area contributed by atoms with Crippen LogP contribution in [0.25, 0.3) is 0 Å². The molecule has 1 aromatic carbocycles. The first-order valence-electron chi connectivity index (χ1n) is 4.77. The van der Waals surface area contributed by atoms with Gasteiger partial charge in [0.2, 0.25) is 5.82 Å². The highest BCUT2D eigenvalue weighted by Crippen LogP contribution is 2.28. The summed E-state index contributed by atoms with van der Waals surface area (Å²) in [5.41, 5.74) is 0.983. The Morgan fingerprint density at radius 3 is 2.88 bits per heavy atom. The molecule has 84 valence electrons. The minimum atomic E-state index is 0.262. The van der Waals surface area contributed by atoms with Crippen LogP contribution in [0.15, 0.2) is 18.2 Å². The van der Waals surface area contributed by atoms with Gasteiger partial charge in [0.15, 0.2) is 6.61 Å². The van der Waals surface area contributed by atoms with E-state index in [4.69, 9.17) is 16.3 Å². The van der Waals surface area contributed by atoms with Gasteiger partial charge in [-0.3, -0.25) is 0 Å². The normalized spacial score (nSPS) is 10.4. The summed E-state index contributed by atoms with van der Waals surface area (Å²) in [6.45, 7) is 2.20. The molecule has 0 saturated carbocycles. The molecule has 0 fully saturated rings. The molecule has 6 heteroatoms. The lowest BCUT2D eigenvalue weighted by Gasteiger charge is -2.08. The summed E-state index contributed by atoms with van der Waals surface area (Å²) in [7, 11) is 1.71. The number of benzene rings is 1. The molecule has 16 heavy (non-hydrogen) atoms. The standard InChI is InChI=1S/C10H11ClN4O/c1-7-4-3-5-8(11)10(7)16-6-9-12-14-15(2)13-9/h3-5H,6H2,1-2H3. The summed E-state index contributed by atoms with van der Waals surface area (Å²) < 4.78 is 5.56. The molecular weight excluding hydrogens is 228 g/mol. The van der Waals surface area contributed by atoms with Crippen LogP contribution < -0.4 is 4.74 Å². The Bertz CT molecular complexity index is 477. The first-order chi connectivity index (χ1) is 7.66. The fourth-order valence-electron chi connectivity index (χ4n) is 1.32. The topological polar surface area (TPSA) is 52.8 Å². The number of aromatic nitrogens is 4. The van der Waals surface area contributed by atoms with Gasteiger partial charge in [-0.15, -0.1) is 10.2 Å². The van der Waals surface area contributed by atoms with Crippen LogP contribution in [0.1, 0.15) is 11.4 Å². The van der Waals surface area contributed by atoms with Gasteiger partial charge >= 0.3 is 0 Å². The summed E-state index contributed by atoms with van der Waals surface area (Å²) in [6.07, 6.45) is 0. The van der Waals surface area contributed by atoms with Crippen molar-refractivity contribution < 1.29 is 4.74 Å². The molecule has 0 amide bonds. The molecule has 0 saturated heterocycles. The Kier molecular flexibility index (Phi) is 3.05. The van der Waals surface area contributed by atoms with Gasteiger partial charge < -0.3 is 4.74 Å². The second kappa shape index (κ2) is 4.49. The van der Waals surface area contributed by atoms with Crippen LogP contribution in [0.5, 0.6) is 5.75 Å². The van der Waals surface area contributed by atoms with Gasteiger partial charge in [0.25, 0.3) is 0 Å². The molecular formula is C10H11ClN4O. The summed E-state index contributed by atoms with van der Waals surface area (Å²) in [5, 5.41) is 12.1. The van der Waals surface area contributed by atoms with E-state index < -0.39 is 0 Å². The zero-order chi connectivity index (χ0) is 11.5. The molecule has 5 nitrogen and oxygen atoms in total. The second-order valence-electron chi connectivity index (χ2n) is 3.37. The maximum atomic E-state index is 6.01. The van der Waals surface area contributed by atoms with Crippen molar-refractivity contribution in [2.45, 2.75) is 13.5 Å². The SMILES string of the molecule is Cc1cccc(Cl)c1OCc1nnn(C)n1. The largest absolute Gasteiger partial charge is 0.484 e. The number of nitrogens with zero attached hydrogens (tertiary/aromatic N) is 4. The lowest BCUT2D eigenvalue weighted by molar-refractivity contribution is 0.293. The Labute approximate surface area is 98.0 Å². The van der Waals surface area contributed by atoms with E-state index in [9.17, 15) is 0 Å². The van der Waals surface area contributed by atoms with E-state index in [1.54, 1.807) is 13.1 Å². The quantitative estimate of drug-likeness (QED) is 0.818. The Morgan fingerprint density at radius 1 is 1.44 bits per heavy atom. The van der Waals surface area contributed by atoms with Crippen molar-refractivity contribution in [3.8, 4) is 5.75 Å². The summed E-state index contributed by atoms with van der Waals surface area (Å²) in [4.78, 5) is 1.39. The third kappa shape index (κ3) is 2.30. The summed E-state index contributed by atoms with van der Waals surface area (Å²) in [6, 6.07) is 5.60. The van der Waals surface area contributed by atoms with Gasteiger partial charge in [0, 0.05) is 0 Å². The van der Waals surface area contributed by atoms with Crippen molar-refractivity contribution in [3.05, 3.63) is 34.6 Å². The third-order valence-corrected chi connectivity index (χ3v) is 2.36. The van der Waals surface area contributed by atoms with Crippen molar-refractivity contribution in [2.75, 3.05) is 0 Å². The van der Waals surface area contributed by atoms with Gasteiger partial charge in [0.1, 0.15) is 5.75 Å². The minimum absolute atomic E-state index is 0.262. The van der Waals surface area contributed by atoms with Gasteiger partial charge in [-0.2, -0.15) is 4.80 Å². The van der Waals surface area contributed by atoms with Crippen LogP contribution in [0, 0.1) is 6.92 Å². The molecule has 0 aliphatic rings. The van der Waals surface area contributed by atoms with E-state index in [2.05, 4.69) is 15.4 Å².